The first-order valence-corrected chi connectivity index (χ1v) is 10.4. The maximum atomic E-state index is 12.5. The highest BCUT2D eigenvalue weighted by Gasteiger charge is 2.22. The number of anilines is 2. The highest BCUT2D eigenvalue weighted by Crippen LogP contribution is 2.25. The van der Waals surface area contributed by atoms with E-state index in [2.05, 4.69) is 20.2 Å². The van der Waals surface area contributed by atoms with E-state index in [0.29, 0.717) is 5.69 Å². The average Bonchev–Trinajstić information content (AvgIpc) is 3.07. The molecule has 0 fully saturated rings. The Labute approximate surface area is 165 Å². The quantitative estimate of drug-likeness (QED) is 0.608. The van der Waals surface area contributed by atoms with Crippen LogP contribution in [0.5, 0.6) is 0 Å². The van der Waals surface area contributed by atoms with Crippen LogP contribution in [0, 0.1) is 13.8 Å². The molecule has 0 aliphatic carbocycles. The predicted octanol–water partition coefficient (Wildman–Crippen LogP) is 3.86. The van der Waals surface area contributed by atoms with Crippen LogP contribution in [0.15, 0.2) is 46.8 Å². The first kappa shape index (κ1) is 19.3. The number of aromatic nitrogens is 2. The maximum absolute atomic E-state index is 12.5. The number of nitrogens with zero attached hydrogens (tertiary/aromatic N) is 2. The molecule has 0 atom stereocenters. The van der Waals surface area contributed by atoms with E-state index in [1.807, 2.05) is 13.0 Å². The van der Waals surface area contributed by atoms with Crippen molar-refractivity contribution in [2.24, 2.45) is 0 Å². The van der Waals surface area contributed by atoms with Crippen molar-refractivity contribution in [2.75, 3.05) is 10.0 Å². The molecule has 3 rings (SSSR count). The van der Waals surface area contributed by atoms with Gasteiger partial charge in [0.25, 0.3) is 20.3 Å². The van der Waals surface area contributed by atoms with Gasteiger partial charge in [0, 0.05) is 0 Å². The standard InChI is InChI=1S/C17H15ClN4O3S2/c1-10-7-8-14(11(2)9-10)22-27(24,25)17-21-20-16(26-17)19-15(23)12-5-3-4-6-13(12)18/h3-9,22H,1-2H3,(H,19,20,23). The SMILES string of the molecule is Cc1ccc(NS(=O)(=O)c2nnc(NC(=O)c3ccccc3Cl)s2)c(C)c1. The maximum Gasteiger partial charge on any atom is 0.291 e. The van der Waals surface area contributed by atoms with Crippen LogP contribution in [0.4, 0.5) is 10.8 Å². The van der Waals surface area contributed by atoms with Crippen molar-refractivity contribution in [1.29, 1.82) is 0 Å². The Morgan fingerprint density at radius 3 is 2.56 bits per heavy atom. The van der Waals surface area contributed by atoms with Gasteiger partial charge in [-0.25, -0.2) is 0 Å². The number of amides is 1. The summed E-state index contributed by atoms with van der Waals surface area (Å²) in [6.07, 6.45) is 0. The predicted molar refractivity (Wildman–Crippen MR) is 106 cm³/mol. The fourth-order valence-corrected chi connectivity index (χ4v) is 4.54. The van der Waals surface area contributed by atoms with Gasteiger partial charge in [0.1, 0.15) is 0 Å². The van der Waals surface area contributed by atoms with Crippen molar-refractivity contribution in [2.45, 2.75) is 18.2 Å². The van der Waals surface area contributed by atoms with Crippen LogP contribution in [-0.2, 0) is 10.0 Å². The molecule has 1 amide bonds. The number of halogens is 1. The third kappa shape index (κ3) is 4.44. The Morgan fingerprint density at radius 2 is 1.85 bits per heavy atom. The van der Waals surface area contributed by atoms with Crippen molar-refractivity contribution >= 4 is 49.7 Å². The zero-order valence-corrected chi connectivity index (χ0v) is 16.7. The Bertz CT molecular complexity index is 1110. The monoisotopic (exact) mass is 422 g/mol. The molecule has 0 aliphatic rings. The Kier molecular flexibility index (Phi) is 5.45. The van der Waals surface area contributed by atoms with Crippen LogP contribution in [0.2, 0.25) is 5.02 Å². The molecule has 3 aromatic rings. The normalized spacial score (nSPS) is 11.2. The summed E-state index contributed by atoms with van der Waals surface area (Å²) in [6, 6.07) is 11.9. The van der Waals surface area contributed by atoms with Gasteiger partial charge >= 0.3 is 0 Å². The number of carbonyl (C=O) groups is 1. The molecular formula is C17H15ClN4O3S2. The van der Waals surface area contributed by atoms with Gasteiger partial charge in [-0.05, 0) is 37.6 Å². The number of carbonyl (C=O) groups excluding carboxylic acids is 1. The van der Waals surface area contributed by atoms with Gasteiger partial charge in [0.05, 0.1) is 16.3 Å². The molecule has 27 heavy (non-hydrogen) atoms. The number of hydrogen-bond acceptors (Lipinski definition) is 6. The van der Waals surface area contributed by atoms with Crippen molar-refractivity contribution in [1.82, 2.24) is 10.2 Å². The van der Waals surface area contributed by atoms with Gasteiger partial charge in [0.2, 0.25) is 5.13 Å². The van der Waals surface area contributed by atoms with Gasteiger partial charge in [0.15, 0.2) is 0 Å². The lowest BCUT2D eigenvalue weighted by molar-refractivity contribution is 0.102. The zero-order valence-electron chi connectivity index (χ0n) is 14.4. The second-order valence-corrected chi connectivity index (χ2v) is 8.97. The minimum absolute atomic E-state index is 0.0564. The number of nitrogens with one attached hydrogen (secondary N) is 2. The summed E-state index contributed by atoms with van der Waals surface area (Å²) in [7, 11) is -3.92. The molecule has 0 unspecified atom stereocenters. The Morgan fingerprint density at radius 1 is 1.11 bits per heavy atom. The fourth-order valence-electron chi connectivity index (χ4n) is 2.30. The van der Waals surface area contributed by atoms with Crippen LogP contribution in [0.3, 0.4) is 0 Å². The largest absolute Gasteiger partial charge is 0.296 e. The van der Waals surface area contributed by atoms with Crippen LogP contribution >= 0.6 is 22.9 Å². The second kappa shape index (κ2) is 7.63. The van der Waals surface area contributed by atoms with Crippen LogP contribution in [0.1, 0.15) is 21.5 Å². The molecule has 2 aromatic carbocycles. The van der Waals surface area contributed by atoms with Crippen LogP contribution < -0.4 is 10.0 Å². The molecule has 0 saturated carbocycles. The number of rotatable bonds is 5. The van der Waals surface area contributed by atoms with E-state index in [4.69, 9.17) is 11.6 Å². The minimum Gasteiger partial charge on any atom is -0.296 e. The van der Waals surface area contributed by atoms with Crippen molar-refractivity contribution in [3.05, 3.63) is 64.2 Å². The van der Waals surface area contributed by atoms with E-state index in [-0.39, 0.29) is 20.1 Å². The highest BCUT2D eigenvalue weighted by molar-refractivity contribution is 7.94. The summed E-state index contributed by atoms with van der Waals surface area (Å²) in [5, 5.41) is 10.2. The number of benzene rings is 2. The first-order chi connectivity index (χ1) is 12.8. The molecular weight excluding hydrogens is 408 g/mol. The second-order valence-electron chi connectivity index (χ2n) is 5.73. The average molecular weight is 423 g/mol. The van der Waals surface area contributed by atoms with E-state index < -0.39 is 15.9 Å². The first-order valence-electron chi connectivity index (χ1n) is 7.76. The lowest BCUT2D eigenvalue weighted by atomic mass is 10.1. The van der Waals surface area contributed by atoms with Crippen molar-refractivity contribution in [3.63, 3.8) is 0 Å². The van der Waals surface area contributed by atoms with E-state index in [0.717, 1.165) is 22.5 Å². The molecule has 0 saturated heterocycles. The van der Waals surface area contributed by atoms with Gasteiger partial charge in [-0.1, -0.05) is 52.8 Å². The minimum atomic E-state index is -3.92. The summed E-state index contributed by atoms with van der Waals surface area (Å²) in [4.78, 5) is 12.2. The third-order valence-corrected chi connectivity index (χ3v) is 6.50. The molecule has 0 radical (unpaired) electrons. The van der Waals surface area contributed by atoms with Crippen LogP contribution in [-0.4, -0.2) is 24.5 Å². The number of aryl methyl sites for hydroxylation is 2. The molecule has 2 N–H and O–H groups in total. The van der Waals surface area contributed by atoms with E-state index in [1.165, 1.54) is 0 Å². The van der Waals surface area contributed by atoms with E-state index >= 15 is 0 Å². The summed E-state index contributed by atoms with van der Waals surface area (Å²) >= 11 is 6.73. The van der Waals surface area contributed by atoms with E-state index in [9.17, 15) is 13.2 Å². The zero-order chi connectivity index (χ0) is 19.6. The number of sulfonamides is 1. The molecule has 7 nitrogen and oxygen atoms in total. The molecule has 0 spiro atoms. The van der Waals surface area contributed by atoms with Crippen molar-refractivity contribution < 1.29 is 13.2 Å². The fraction of sp³-hybridized carbons (Fsp3) is 0.118. The summed E-state index contributed by atoms with van der Waals surface area (Å²) in [6.45, 7) is 3.73. The van der Waals surface area contributed by atoms with Gasteiger partial charge < -0.3 is 0 Å². The summed E-state index contributed by atoms with van der Waals surface area (Å²) < 4.78 is 27.3. The van der Waals surface area contributed by atoms with Gasteiger partial charge in [-0.15, -0.1) is 10.2 Å². The molecule has 1 heterocycles. The summed E-state index contributed by atoms with van der Waals surface area (Å²) in [5.41, 5.74) is 2.52. The van der Waals surface area contributed by atoms with Gasteiger partial charge in [-0.3, -0.25) is 14.8 Å². The highest BCUT2D eigenvalue weighted by atomic mass is 35.5. The molecule has 10 heteroatoms. The lowest BCUT2D eigenvalue weighted by Crippen LogP contribution is -2.13. The van der Waals surface area contributed by atoms with Crippen molar-refractivity contribution in [3.8, 4) is 0 Å². The molecule has 140 valence electrons. The van der Waals surface area contributed by atoms with Gasteiger partial charge in [-0.2, -0.15) is 8.42 Å². The summed E-state index contributed by atoms with van der Waals surface area (Å²) in [5.74, 6) is -0.497. The molecule has 0 aliphatic heterocycles. The topological polar surface area (TPSA) is 101 Å². The smallest absolute Gasteiger partial charge is 0.291 e. The third-order valence-electron chi connectivity index (χ3n) is 3.60. The molecule has 1 aromatic heterocycles. The van der Waals surface area contributed by atoms with E-state index in [1.54, 1.807) is 43.3 Å². The lowest BCUT2D eigenvalue weighted by Gasteiger charge is -2.08. The Hall–Kier alpha value is -2.49. The van der Waals surface area contributed by atoms with Crippen LogP contribution in [0.25, 0.3) is 0 Å². The molecule has 0 bridgehead atoms. The number of hydrogen-bond donors (Lipinski definition) is 2. The Balaban J connectivity index is 1.78.